The highest BCUT2D eigenvalue weighted by molar-refractivity contribution is 6.24. The number of aryl methyl sites for hydroxylation is 1. The van der Waals surface area contributed by atoms with E-state index in [4.69, 9.17) is 4.42 Å². The van der Waals surface area contributed by atoms with Crippen LogP contribution >= 0.6 is 0 Å². The van der Waals surface area contributed by atoms with Crippen LogP contribution < -0.4 is 0 Å². The van der Waals surface area contributed by atoms with Crippen LogP contribution in [0.1, 0.15) is 17.7 Å². The molecule has 7 aromatic carbocycles. The van der Waals surface area contributed by atoms with Crippen molar-refractivity contribution in [3.63, 3.8) is 0 Å². The SMILES string of the molecule is C1=Cc2oc3ccc(-c4c5ccccc5c(-c5ccccc5)c5ccccc45)c(-c4ccccc4-c4ccccc4)c3c2CC1. The maximum atomic E-state index is 6.55. The normalized spacial score (nSPS) is 12.6. The van der Waals surface area contributed by atoms with Gasteiger partial charge in [-0.3, -0.25) is 0 Å². The van der Waals surface area contributed by atoms with Gasteiger partial charge >= 0.3 is 0 Å². The molecule has 9 rings (SSSR count). The number of hydrogen-bond acceptors (Lipinski definition) is 1. The summed E-state index contributed by atoms with van der Waals surface area (Å²) < 4.78 is 6.55. The number of furan rings is 1. The van der Waals surface area contributed by atoms with Crippen molar-refractivity contribution in [2.45, 2.75) is 12.8 Å². The molecule has 8 aromatic rings. The Hall–Kier alpha value is -5.66. The molecular formula is C44H30O. The van der Waals surface area contributed by atoms with E-state index < -0.39 is 0 Å². The Morgan fingerprint density at radius 3 is 1.64 bits per heavy atom. The number of benzene rings is 7. The quantitative estimate of drug-likeness (QED) is 0.191. The van der Waals surface area contributed by atoms with Crippen molar-refractivity contribution in [1.82, 2.24) is 0 Å². The van der Waals surface area contributed by atoms with Gasteiger partial charge in [-0.25, -0.2) is 0 Å². The number of hydrogen-bond donors (Lipinski definition) is 0. The second-order valence-corrected chi connectivity index (χ2v) is 11.9. The molecule has 1 aromatic heterocycles. The highest BCUT2D eigenvalue weighted by Gasteiger charge is 2.25. The monoisotopic (exact) mass is 574 g/mol. The third-order valence-corrected chi connectivity index (χ3v) is 9.36. The molecule has 0 unspecified atom stereocenters. The lowest BCUT2D eigenvalue weighted by Gasteiger charge is -2.21. The van der Waals surface area contributed by atoms with Crippen LogP contribution in [0.3, 0.4) is 0 Å². The minimum absolute atomic E-state index is 0.947. The Morgan fingerprint density at radius 1 is 0.422 bits per heavy atom. The minimum atomic E-state index is 0.947. The Labute approximate surface area is 262 Å². The van der Waals surface area contributed by atoms with E-state index in [-0.39, 0.29) is 0 Å². The zero-order chi connectivity index (χ0) is 29.7. The van der Waals surface area contributed by atoms with Crippen LogP contribution in [0.5, 0.6) is 0 Å². The fourth-order valence-corrected chi connectivity index (χ4v) is 7.47. The molecule has 1 heteroatoms. The van der Waals surface area contributed by atoms with E-state index in [9.17, 15) is 0 Å². The van der Waals surface area contributed by atoms with Gasteiger partial charge in [-0.1, -0.05) is 140 Å². The first-order valence-corrected chi connectivity index (χ1v) is 15.8. The molecule has 0 radical (unpaired) electrons. The molecule has 0 fully saturated rings. The summed E-state index contributed by atoms with van der Waals surface area (Å²) in [6.45, 7) is 0. The third kappa shape index (κ3) is 4.08. The van der Waals surface area contributed by atoms with Crippen molar-refractivity contribution in [3.8, 4) is 44.5 Å². The predicted octanol–water partition coefficient (Wildman–Crippen LogP) is 12.4. The average molecular weight is 575 g/mol. The first-order chi connectivity index (χ1) is 22.4. The van der Waals surface area contributed by atoms with Crippen LogP contribution in [0.4, 0.5) is 0 Å². The first kappa shape index (κ1) is 25.8. The lowest BCUT2D eigenvalue weighted by molar-refractivity contribution is 0.595. The molecule has 0 aliphatic heterocycles. The van der Waals surface area contributed by atoms with Crippen molar-refractivity contribution < 1.29 is 4.42 Å². The van der Waals surface area contributed by atoms with E-state index in [0.717, 1.165) is 24.2 Å². The van der Waals surface area contributed by atoms with Crippen molar-refractivity contribution in [2.24, 2.45) is 0 Å². The van der Waals surface area contributed by atoms with Crippen LogP contribution in [-0.4, -0.2) is 0 Å². The maximum absolute atomic E-state index is 6.55. The summed E-state index contributed by atoms with van der Waals surface area (Å²) in [6, 6.07) is 52.8. The largest absolute Gasteiger partial charge is 0.456 e. The number of rotatable bonds is 4. The molecule has 0 amide bonds. The lowest BCUT2D eigenvalue weighted by Crippen LogP contribution is -1.96. The number of fused-ring (bicyclic) bond motifs is 5. The molecule has 0 bridgehead atoms. The fraction of sp³-hybridized carbons (Fsp3) is 0.0455. The highest BCUT2D eigenvalue weighted by atomic mass is 16.3. The second-order valence-electron chi connectivity index (χ2n) is 11.9. The fourth-order valence-electron chi connectivity index (χ4n) is 7.47. The van der Waals surface area contributed by atoms with Gasteiger partial charge in [-0.05, 0) is 91.5 Å². The van der Waals surface area contributed by atoms with Crippen LogP contribution in [0, 0.1) is 0 Å². The van der Waals surface area contributed by atoms with Gasteiger partial charge in [-0.2, -0.15) is 0 Å². The average Bonchev–Trinajstić information content (AvgIpc) is 3.50. The zero-order valence-corrected chi connectivity index (χ0v) is 24.8. The molecule has 212 valence electrons. The van der Waals surface area contributed by atoms with Gasteiger partial charge in [0.05, 0.1) is 0 Å². The molecule has 0 saturated carbocycles. The summed E-state index contributed by atoms with van der Waals surface area (Å²) in [5.41, 5.74) is 12.2. The summed E-state index contributed by atoms with van der Waals surface area (Å²) in [6.07, 6.45) is 6.37. The van der Waals surface area contributed by atoms with Crippen LogP contribution in [0.2, 0.25) is 0 Å². The Kier molecular flexibility index (Phi) is 6.02. The van der Waals surface area contributed by atoms with E-state index in [1.54, 1.807) is 0 Å². The summed E-state index contributed by atoms with van der Waals surface area (Å²) in [7, 11) is 0. The van der Waals surface area contributed by atoms with Gasteiger partial charge < -0.3 is 4.42 Å². The van der Waals surface area contributed by atoms with Gasteiger partial charge in [0.25, 0.3) is 0 Å². The Bertz CT molecular complexity index is 2350. The van der Waals surface area contributed by atoms with E-state index in [1.165, 1.54) is 77.0 Å². The molecule has 45 heavy (non-hydrogen) atoms. The zero-order valence-electron chi connectivity index (χ0n) is 24.8. The molecule has 0 N–H and O–H groups in total. The first-order valence-electron chi connectivity index (χ1n) is 15.8. The minimum Gasteiger partial charge on any atom is -0.456 e. The van der Waals surface area contributed by atoms with Crippen LogP contribution in [-0.2, 0) is 6.42 Å². The summed E-state index contributed by atoms with van der Waals surface area (Å²) in [5, 5.41) is 6.26. The maximum Gasteiger partial charge on any atom is 0.135 e. The standard InChI is InChI=1S/C44H30O/c1-3-15-29(16-4-1)31-19-7-8-20-32(31)43-38(27-28-40-44(43)37-25-13-14-26-39(37)45-40)42-35-23-11-9-21-33(35)41(30-17-5-2-6-18-30)34-22-10-12-24-36(34)42/h1-12,14-24,26-28H,13,25H2. The second kappa shape index (κ2) is 10.5. The van der Waals surface area contributed by atoms with E-state index in [1.807, 2.05) is 0 Å². The van der Waals surface area contributed by atoms with Crippen molar-refractivity contribution >= 4 is 38.6 Å². The third-order valence-electron chi connectivity index (χ3n) is 9.36. The van der Waals surface area contributed by atoms with Gasteiger partial charge in [0.1, 0.15) is 11.3 Å². The topological polar surface area (TPSA) is 13.1 Å². The molecule has 0 spiro atoms. The van der Waals surface area contributed by atoms with Crippen molar-refractivity contribution in [2.75, 3.05) is 0 Å². The Balaban J connectivity index is 1.47. The highest BCUT2D eigenvalue weighted by Crippen LogP contribution is 2.50. The predicted molar refractivity (Wildman–Crippen MR) is 190 cm³/mol. The van der Waals surface area contributed by atoms with Crippen LogP contribution in [0.25, 0.3) is 83.1 Å². The summed E-state index contributed by atoms with van der Waals surface area (Å²) in [4.78, 5) is 0. The summed E-state index contributed by atoms with van der Waals surface area (Å²) >= 11 is 0. The number of allylic oxidation sites excluding steroid dienone is 1. The molecule has 0 atom stereocenters. The van der Waals surface area contributed by atoms with E-state index in [2.05, 4.69) is 158 Å². The summed E-state index contributed by atoms with van der Waals surface area (Å²) in [5.74, 6) is 0.987. The molecule has 0 saturated heterocycles. The van der Waals surface area contributed by atoms with Crippen LogP contribution in [0.15, 0.2) is 156 Å². The van der Waals surface area contributed by atoms with E-state index >= 15 is 0 Å². The molecule has 1 aliphatic carbocycles. The van der Waals surface area contributed by atoms with Gasteiger partial charge in [0.15, 0.2) is 0 Å². The molecular weight excluding hydrogens is 544 g/mol. The Morgan fingerprint density at radius 2 is 0.978 bits per heavy atom. The lowest BCUT2D eigenvalue weighted by atomic mass is 9.81. The van der Waals surface area contributed by atoms with E-state index in [0.29, 0.717) is 0 Å². The molecule has 1 heterocycles. The van der Waals surface area contributed by atoms with Gasteiger partial charge in [0, 0.05) is 16.5 Å². The molecule has 1 nitrogen and oxygen atoms in total. The van der Waals surface area contributed by atoms with Crippen molar-refractivity contribution in [3.05, 3.63) is 163 Å². The smallest absolute Gasteiger partial charge is 0.135 e. The van der Waals surface area contributed by atoms with Gasteiger partial charge in [-0.15, -0.1) is 0 Å². The van der Waals surface area contributed by atoms with Gasteiger partial charge in [0.2, 0.25) is 0 Å². The molecule has 1 aliphatic rings. The van der Waals surface area contributed by atoms with Crippen molar-refractivity contribution in [1.29, 1.82) is 0 Å².